The van der Waals surface area contributed by atoms with E-state index in [2.05, 4.69) is 28.2 Å². The quantitative estimate of drug-likeness (QED) is 0.829. The number of hydroxylamine groups is 2. The van der Waals surface area contributed by atoms with Gasteiger partial charge in [0.1, 0.15) is 5.75 Å². The van der Waals surface area contributed by atoms with Gasteiger partial charge in [-0.15, -0.1) is 0 Å². The van der Waals surface area contributed by atoms with E-state index in [4.69, 9.17) is 21.0 Å². The Morgan fingerprint density at radius 1 is 1.08 bits per heavy atom. The zero-order chi connectivity index (χ0) is 18.7. The van der Waals surface area contributed by atoms with E-state index in [-0.39, 0.29) is 17.8 Å². The van der Waals surface area contributed by atoms with Gasteiger partial charge in [-0.1, -0.05) is 37.3 Å². The highest BCUT2D eigenvalue weighted by Crippen LogP contribution is 2.22. The summed E-state index contributed by atoms with van der Waals surface area (Å²) in [5.41, 5.74) is 10.9. The van der Waals surface area contributed by atoms with E-state index in [1.807, 2.05) is 45.0 Å². The largest absolute Gasteiger partial charge is 0.493 e. The van der Waals surface area contributed by atoms with Gasteiger partial charge in [0.15, 0.2) is 5.66 Å². The van der Waals surface area contributed by atoms with Crippen LogP contribution in [0.2, 0.25) is 0 Å². The van der Waals surface area contributed by atoms with Gasteiger partial charge in [-0.3, -0.25) is 4.84 Å². The number of aliphatic imine (C=N–C) groups is 2. The zero-order valence-corrected chi connectivity index (χ0v) is 15.3. The Bertz CT molecular complexity index is 847. The molecule has 2 aromatic rings. The van der Waals surface area contributed by atoms with Crippen molar-refractivity contribution in [3.8, 4) is 5.75 Å². The second-order valence-electron chi connectivity index (χ2n) is 6.95. The second-order valence-corrected chi connectivity index (χ2v) is 6.95. The van der Waals surface area contributed by atoms with Gasteiger partial charge in [0.25, 0.3) is 0 Å². The van der Waals surface area contributed by atoms with Gasteiger partial charge < -0.3 is 16.2 Å². The molecule has 138 valence electrons. The third kappa shape index (κ3) is 4.05. The van der Waals surface area contributed by atoms with Crippen molar-refractivity contribution in [3.05, 3.63) is 42.5 Å². The summed E-state index contributed by atoms with van der Waals surface area (Å²) in [6.07, 6.45) is 0. The van der Waals surface area contributed by atoms with Crippen LogP contribution in [0.5, 0.6) is 5.75 Å². The molecule has 1 atom stereocenters. The van der Waals surface area contributed by atoms with Crippen molar-refractivity contribution in [2.24, 2.45) is 27.4 Å². The Kier molecular flexibility index (Phi) is 4.99. The molecule has 0 aliphatic carbocycles. The summed E-state index contributed by atoms with van der Waals surface area (Å²) in [6, 6.07) is 14.3. The van der Waals surface area contributed by atoms with Crippen molar-refractivity contribution in [2.45, 2.75) is 26.4 Å². The summed E-state index contributed by atoms with van der Waals surface area (Å²) >= 11 is 0. The molecule has 26 heavy (non-hydrogen) atoms. The van der Waals surface area contributed by atoms with Crippen molar-refractivity contribution in [1.29, 1.82) is 0 Å². The Balaban J connectivity index is 1.54. The third-order valence-corrected chi connectivity index (χ3v) is 4.07. The van der Waals surface area contributed by atoms with E-state index in [0.29, 0.717) is 13.2 Å². The monoisotopic (exact) mass is 355 g/mol. The molecule has 0 spiro atoms. The lowest BCUT2D eigenvalue weighted by Crippen LogP contribution is -2.54. The van der Waals surface area contributed by atoms with E-state index >= 15 is 0 Å². The summed E-state index contributed by atoms with van der Waals surface area (Å²) in [4.78, 5) is 14.0. The van der Waals surface area contributed by atoms with Crippen LogP contribution in [0.1, 0.15) is 20.8 Å². The number of guanidine groups is 2. The molecule has 0 unspecified atom stereocenters. The SMILES string of the molecule is C[C@H](COc1ccc2ccccc2c1)CON1C(N)=NC(N)=NC1(C)C. The molecule has 7 heteroatoms. The minimum atomic E-state index is -0.700. The lowest BCUT2D eigenvalue weighted by atomic mass is 10.1. The second kappa shape index (κ2) is 7.21. The van der Waals surface area contributed by atoms with Crippen molar-refractivity contribution in [2.75, 3.05) is 13.2 Å². The highest BCUT2D eigenvalue weighted by Gasteiger charge is 2.33. The Labute approximate surface area is 153 Å². The molecule has 1 aliphatic rings. The molecule has 4 N–H and O–H groups in total. The first-order valence-corrected chi connectivity index (χ1v) is 8.59. The molecule has 0 radical (unpaired) electrons. The van der Waals surface area contributed by atoms with Crippen LogP contribution in [-0.2, 0) is 4.84 Å². The third-order valence-electron chi connectivity index (χ3n) is 4.07. The summed E-state index contributed by atoms with van der Waals surface area (Å²) in [6.45, 7) is 6.70. The van der Waals surface area contributed by atoms with E-state index in [9.17, 15) is 0 Å². The van der Waals surface area contributed by atoms with Crippen LogP contribution < -0.4 is 16.2 Å². The maximum atomic E-state index is 5.91. The summed E-state index contributed by atoms with van der Waals surface area (Å²) < 4.78 is 5.90. The van der Waals surface area contributed by atoms with Gasteiger partial charge in [0.05, 0.1) is 13.2 Å². The average molecular weight is 355 g/mol. The van der Waals surface area contributed by atoms with Crippen LogP contribution in [0.4, 0.5) is 0 Å². The summed E-state index contributed by atoms with van der Waals surface area (Å²) in [7, 11) is 0. The van der Waals surface area contributed by atoms with Crippen LogP contribution in [-0.4, -0.2) is 35.9 Å². The normalized spacial score (nSPS) is 17.6. The van der Waals surface area contributed by atoms with Crippen LogP contribution in [0.25, 0.3) is 10.8 Å². The number of rotatable bonds is 6. The van der Waals surface area contributed by atoms with E-state index < -0.39 is 5.66 Å². The fraction of sp³-hybridized carbons (Fsp3) is 0.368. The highest BCUT2D eigenvalue weighted by atomic mass is 16.7. The fourth-order valence-corrected chi connectivity index (χ4v) is 2.76. The molecule has 1 heterocycles. The molecule has 2 aromatic carbocycles. The number of fused-ring (bicyclic) bond motifs is 1. The lowest BCUT2D eigenvalue weighted by molar-refractivity contribution is -0.167. The number of nitrogens with zero attached hydrogens (tertiary/aromatic N) is 3. The number of ether oxygens (including phenoxy) is 1. The maximum absolute atomic E-state index is 5.91. The molecular weight excluding hydrogens is 330 g/mol. The minimum absolute atomic E-state index is 0.147. The number of hydrogen-bond acceptors (Lipinski definition) is 7. The molecule has 0 bridgehead atoms. The Morgan fingerprint density at radius 2 is 1.81 bits per heavy atom. The highest BCUT2D eigenvalue weighted by molar-refractivity contribution is 5.95. The fourth-order valence-electron chi connectivity index (χ4n) is 2.76. The van der Waals surface area contributed by atoms with Crippen LogP contribution in [0, 0.1) is 5.92 Å². The number of hydrogen-bond donors (Lipinski definition) is 2. The molecule has 0 fully saturated rings. The predicted molar refractivity (Wildman–Crippen MR) is 104 cm³/mol. The maximum Gasteiger partial charge on any atom is 0.226 e. The van der Waals surface area contributed by atoms with Crippen molar-refractivity contribution in [1.82, 2.24) is 5.06 Å². The van der Waals surface area contributed by atoms with Crippen molar-refractivity contribution >= 4 is 22.7 Å². The molecule has 7 nitrogen and oxygen atoms in total. The summed E-state index contributed by atoms with van der Waals surface area (Å²) in [5.74, 6) is 1.34. The van der Waals surface area contributed by atoms with Crippen LogP contribution >= 0.6 is 0 Å². The van der Waals surface area contributed by atoms with Gasteiger partial charge in [-0.25, -0.2) is 4.99 Å². The smallest absolute Gasteiger partial charge is 0.226 e. The predicted octanol–water partition coefficient (Wildman–Crippen LogP) is 2.47. The Hall–Kier alpha value is -2.80. The zero-order valence-electron chi connectivity index (χ0n) is 15.3. The van der Waals surface area contributed by atoms with Crippen LogP contribution in [0.15, 0.2) is 52.4 Å². The summed E-state index contributed by atoms with van der Waals surface area (Å²) in [5, 5.41) is 3.83. The van der Waals surface area contributed by atoms with Crippen LogP contribution in [0.3, 0.4) is 0 Å². The number of nitrogens with two attached hydrogens (primary N) is 2. The minimum Gasteiger partial charge on any atom is -0.493 e. The molecule has 0 saturated heterocycles. The van der Waals surface area contributed by atoms with Gasteiger partial charge in [-0.2, -0.15) is 10.1 Å². The molecule has 0 amide bonds. The lowest BCUT2D eigenvalue weighted by Gasteiger charge is -2.37. The first-order chi connectivity index (χ1) is 12.3. The molecule has 0 saturated carbocycles. The molecule has 0 aromatic heterocycles. The number of benzene rings is 2. The van der Waals surface area contributed by atoms with Gasteiger partial charge >= 0.3 is 0 Å². The van der Waals surface area contributed by atoms with Crippen molar-refractivity contribution in [3.63, 3.8) is 0 Å². The van der Waals surface area contributed by atoms with E-state index in [1.54, 1.807) is 0 Å². The van der Waals surface area contributed by atoms with Gasteiger partial charge in [0.2, 0.25) is 11.9 Å². The van der Waals surface area contributed by atoms with Gasteiger partial charge in [0, 0.05) is 5.92 Å². The molecule has 1 aliphatic heterocycles. The first kappa shape index (κ1) is 18.0. The van der Waals surface area contributed by atoms with Crippen molar-refractivity contribution < 1.29 is 9.57 Å². The van der Waals surface area contributed by atoms with E-state index in [1.165, 1.54) is 10.4 Å². The average Bonchev–Trinajstić information content (AvgIpc) is 2.58. The Morgan fingerprint density at radius 3 is 2.54 bits per heavy atom. The van der Waals surface area contributed by atoms with Gasteiger partial charge in [-0.05, 0) is 36.8 Å². The topological polar surface area (TPSA) is 98.5 Å². The molecule has 3 rings (SSSR count). The standard InChI is InChI=1S/C19H25N5O2/c1-13(12-26-24-18(21)22-17(20)23-19(24,2)3)11-25-16-9-8-14-6-4-5-7-15(14)10-16/h4-10,13H,11-12H2,1-3H3,(H4,20,21,22,23)/t13-/m1/s1. The van der Waals surface area contributed by atoms with E-state index in [0.717, 1.165) is 11.1 Å². The molecular formula is C19H25N5O2. The first-order valence-electron chi connectivity index (χ1n) is 8.59.